The Labute approximate surface area is 198 Å². The molecule has 0 saturated heterocycles. The number of nitrogens with zero attached hydrogens (tertiary/aromatic N) is 1. The maximum atomic E-state index is 12.2. The van der Waals surface area contributed by atoms with Gasteiger partial charge < -0.3 is 20.1 Å². The van der Waals surface area contributed by atoms with Crippen molar-refractivity contribution in [2.75, 3.05) is 31.3 Å². The average molecular weight is 490 g/mol. The maximum Gasteiger partial charge on any atom is 0.293 e. The number of sulfone groups is 1. The van der Waals surface area contributed by atoms with Crippen molar-refractivity contribution in [3.8, 4) is 11.5 Å². The van der Waals surface area contributed by atoms with E-state index in [1.807, 2.05) is 26.0 Å². The Balaban J connectivity index is 1.58. The van der Waals surface area contributed by atoms with Crippen LogP contribution in [-0.4, -0.2) is 51.3 Å². The van der Waals surface area contributed by atoms with E-state index >= 15 is 0 Å². The number of anilines is 1. The fourth-order valence-electron chi connectivity index (χ4n) is 3.52. The third-order valence-corrected chi connectivity index (χ3v) is 6.19. The number of fused-ring (bicyclic) bond motifs is 1. The van der Waals surface area contributed by atoms with Gasteiger partial charge in [0.05, 0.1) is 16.4 Å². The molecule has 0 bridgehead atoms. The van der Waals surface area contributed by atoms with Crippen molar-refractivity contribution < 1.29 is 27.6 Å². The number of ether oxygens (including phenoxy) is 2. The summed E-state index contributed by atoms with van der Waals surface area (Å²) in [6, 6.07) is 7.43. The van der Waals surface area contributed by atoms with E-state index in [-0.39, 0.29) is 41.4 Å². The first-order chi connectivity index (χ1) is 16.1. The van der Waals surface area contributed by atoms with Gasteiger partial charge in [-0.15, -0.1) is 0 Å². The normalized spacial score (nSPS) is 15.0. The quantitative estimate of drug-likeness (QED) is 0.225. The third-order valence-electron chi connectivity index (χ3n) is 5.08. The van der Waals surface area contributed by atoms with Crippen LogP contribution in [0, 0.1) is 10.1 Å². The second-order valence-corrected chi connectivity index (χ2v) is 9.84. The van der Waals surface area contributed by atoms with Crippen molar-refractivity contribution in [1.29, 1.82) is 0 Å². The number of nitrogens with one attached hydrogen (secondary N) is 2. The molecular formula is C23H27N3O7S. The molecule has 0 aliphatic carbocycles. The van der Waals surface area contributed by atoms with Crippen molar-refractivity contribution in [2.24, 2.45) is 0 Å². The van der Waals surface area contributed by atoms with E-state index < -0.39 is 14.8 Å². The average Bonchev–Trinajstić information content (AvgIpc) is 3.13. The predicted octanol–water partition coefficient (Wildman–Crippen LogP) is 2.96. The van der Waals surface area contributed by atoms with Gasteiger partial charge >= 0.3 is 0 Å². The number of amides is 1. The minimum atomic E-state index is -3.57. The Kier molecular flexibility index (Phi) is 7.77. The Morgan fingerprint density at radius 3 is 2.74 bits per heavy atom. The molecule has 1 amide bonds. The zero-order chi connectivity index (χ0) is 24.9. The molecule has 0 saturated carbocycles. The second-order valence-electron chi connectivity index (χ2n) is 7.82. The smallest absolute Gasteiger partial charge is 0.293 e. The maximum absolute atomic E-state index is 12.2. The lowest BCUT2D eigenvalue weighted by Crippen LogP contribution is -2.27. The summed E-state index contributed by atoms with van der Waals surface area (Å²) in [5.41, 5.74) is 1.61. The molecule has 0 aromatic heterocycles. The van der Waals surface area contributed by atoms with Crippen LogP contribution in [0.4, 0.5) is 11.4 Å². The molecule has 0 radical (unpaired) electrons. The highest BCUT2D eigenvalue weighted by Crippen LogP contribution is 2.35. The minimum Gasteiger partial charge on any atom is -0.493 e. The highest BCUT2D eigenvalue weighted by Gasteiger charge is 2.21. The van der Waals surface area contributed by atoms with E-state index in [1.54, 1.807) is 6.08 Å². The zero-order valence-electron chi connectivity index (χ0n) is 19.2. The van der Waals surface area contributed by atoms with Crippen molar-refractivity contribution in [1.82, 2.24) is 5.32 Å². The summed E-state index contributed by atoms with van der Waals surface area (Å²) < 4.78 is 34.7. The van der Waals surface area contributed by atoms with Gasteiger partial charge in [0, 0.05) is 49.0 Å². The second kappa shape index (κ2) is 10.6. The highest BCUT2D eigenvalue weighted by atomic mass is 32.2. The molecule has 1 heterocycles. The molecule has 2 aromatic rings. The SMILES string of the molecule is CCOc1cc2c(cc1/C=C/C(=O)NCCNc1ccc(S(C)(=O)=O)cc1[N+](=O)[O-])OC(C)C2. The zero-order valence-corrected chi connectivity index (χ0v) is 20.0. The highest BCUT2D eigenvalue weighted by molar-refractivity contribution is 7.90. The van der Waals surface area contributed by atoms with Crippen molar-refractivity contribution in [2.45, 2.75) is 31.3 Å². The van der Waals surface area contributed by atoms with Crippen LogP contribution in [0.2, 0.25) is 0 Å². The first kappa shape index (κ1) is 25.0. The lowest BCUT2D eigenvalue weighted by Gasteiger charge is -2.10. The molecule has 10 nitrogen and oxygen atoms in total. The number of carbonyl (C=O) groups excluding carboxylic acids is 1. The summed E-state index contributed by atoms with van der Waals surface area (Å²) in [6.07, 6.45) is 4.91. The molecule has 1 aliphatic heterocycles. The molecule has 0 spiro atoms. The molecule has 3 rings (SSSR count). The number of nitro groups is 1. The number of rotatable bonds is 10. The summed E-state index contributed by atoms with van der Waals surface area (Å²) in [5, 5.41) is 16.8. The number of carbonyl (C=O) groups is 1. The van der Waals surface area contributed by atoms with Crippen LogP contribution in [0.1, 0.15) is 25.0 Å². The topological polar surface area (TPSA) is 137 Å². The van der Waals surface area contributed by atoms with E-state index in [4.69, 9.17) is 9.47 Å². The van der Waals surface area contributed by atoms with Crippen LogP contribution in [0.25, 0.3) is 6.08 Å². The van der Waals surface area contributed by atoms with Gasteiger partial charge in [-0.05, 0) is 44.2 Å². The van der Waals surface area contributed by atoms with Gasteiger partial charge in [-0.25, -0.2) is 8.42 Å². The molecule has 0 fully saturated rings. The number of benzene rings is 2. The first-order valence-corrected chi connectivity index (χ1v) is 12.6. The molecule has 34 heavy (non-hydrogen) atoms. The van der Waals surface area contributed by atoms with E-state index in [0.717, 1.165) is 35.6 Å². The molecule has 1 unspecified atom stereocenters. The predicted molar refractivity (Wildman–Crippen MR) is 128 cm³/mol. The van der Waals surface area contributed by atoms with Crippen LogP contribution in [0.3, 0.4) is 0 Å². The summed E-state index contributed by atoms with van der Waals surface area (Å²) in [7, 11) is -3.57. The lowest BCUT2D eigenvalue weighted by molar-refractivity contribution is -0.384. The van der Waals surface area contributed by atoms with Gasteiger partial charge in [0.1, 0.15) is 23.3 Å². The monoisotopic (exact) mass is 489 g/mol. The molecule has 182 valence electrons. The molecular weight excluding hydrogens is 462 g/mol. The fraction of sp³-hybridized carbons (Fsp3) is 0.348. The Bertz CT molecular complexity index is 1230. The molecule has 2 N–H and O–H groups in total. The molecule has 1 aliphatic rings. The Morgan fingerprint density at radius 2 is 2.06 bits per heavy atom. The number of hydrogen-bond acceptors (Lipinski definition) is 8. The van der Waals surface area contributed by atoms with Gasteiger partial charge in [-0.2, -0.15) is 0 Å². The molecule has 1 atom stereocenters. The van der Waals surface area contributed by atoms with Gasteiger partial charge in [0.15, 0.2) is 9.84 Å². The van der Waals surface area contributed by atoms with E-state index in [0.29, 0.717) is 12.4 Å². The van der Waals surface area contributed by atoms with Crippen LogP contribution in [0.5, 0.6) is 11.5 Å². The first-order valence-electron chi connectivity index (χ1n) is 10.7. The fourth-order valence-corrected chi connectivity index (χ4v) is 4.16. The Hall–Kier alpha value is -3.60. The summed E-state index contributed by atoms with van der Waals surface area (Å²) >= 11 is 0. The van der Waals surface area contributed by atoms with Crippen LogP contribution in [-0.2, 0) is 21.1 Å². The Morgan fingerprint density at radius 1 is 1.29 bits per heavy atom. The number of nitro benzene ring substituents is 1. The van der Waals surface area contributed by atoms with Gasteiger partial charge in [-0.1, -0.05) is 0 Å². The van der Waals surface area contributed by atoms with Gasteiger partial charge in [0.2, 0.25) is 5.91 Å². The summed E-state index contributed by atoms with van der Waals surface area (Å²) in [6.45, 7) is 4.76. The van der Waals surface area contributed by atoms with Crippen LogP contribution < -0.4 is 20.1 Å². The molecule has 11 heteroatoms. The minimum absolute atomic E-state index is 0.0953. The number of hydrogen-bond donors (Lipinski definition) is 2. The van der Waals surface area contributed by atoms with Crippen molar-refractivity contribution in [3.63, 3.8) is 0 Å². The molecule has 2 aromatic carbocycles. The standard InChI is InChI=1S/C23H27N3O7S/c1-4-32-21-13-17-11-15(2)33-22(17)12-16(21)5-8-23(27)25-10-9-24-19-7-6-18(34(3,30)31)14-20(19)26(28)29/h5-8,12-15,24H,4,9-11H2,1-3H3,(H,25,27)/b8-5+. The third kappa shape index (κ3) is 6.25. The summed E-state index contributed by atoms with van der Waals surface area (Å²) in [4.78, 5) is 22.7. The van der Waals surface area contributed by atoms with Crippen LogP contribution >= 0.6 is 0 Å². The van der Waals surface area contributed by atoms with Gasteiger partial charge in [0.25, 0.3) is 5.69 Å². The van der Waals surface area contributed by atoms with E-state index in [2.05, 4.69) is 10.6 Å². The lowest BCUT2D eigenvalue weighted by atomic mass is 10.1. The van der Waals surface area contributed by atoms with E-state index in [1.165, 1.54) is 18.2 Å². The van der Waals surface area contributed by atoms with Crippen molar-refractivity contribution in [3.05, 3.63) is 57.6 Å². The van der Waals surface area contributed by atoms with Gasteiger partial charge in [-0.3, -0.25) is 14.9 Å². The van der Waals surface area contributed by atoms with E-state index in [9.17, 15) is 23.3 Å². The largest absolute Gasteiger partial charge is 0.493 e. The van der Waals surface area contributed by atoms with Crippen LogP contribution in [0.15, 0.2) is 41.3 Å². The van der Waals surface area contributed by atoms with Crippen molar-refractivity contribution >= 4 is 33.2 Å². The summed E-state index contributed by atoms with van der Waals surface area (Å²) in [5.74, 6) is 1.11.